The van der Waals surface area contributed by atoms with Crippen molar-refractivity contribution in [2.45, 2.75) is 6.92 Å². The van der Waals surface area contributed by atoms with E-state index >= 15 is 0 Å². The molecule has 2 aromatic carbocycles. The molecule has 0 saturated heterocycles. The lowest BCUT2D eigenvalue weighted by atomic mass is 10.1. The highest BCUT2D eigenvalue weighted by molar-refractivity contribution is 9.10. The van der Waals surface area contributed by atoms with Gasteiger partial charge in [-0.2, -0.15) is 10.1 Å². The van der Waals surface area contributed by atoms with Crippen LogP contribution in [0.3, 0.4) is 0 Å². The fraction of sp³-hybridized carbons (Fsp3) is 0.111. The second-order valence-corrected chi connectivity index (χ2v) is 6.10. The van der Waals surface area contributed by atoms with E-state index in [1.165, 1.54) is 18.2 Å². The van der Waals surface area contributed by atoms with Crippen molar-refractivity contribution in [1.82, 2.24) is 0 Å². The lowest BCUT2D eigenvalue weighted by Gasteiger charge is -2.11. The van der Waals surface area contributed by atoms with Crippen LogP contribution in [0.5, 0.6) is 11.5 Å². The summed E-state index contributed by atoms with van der Waals surface area (Å²) in [6.07, 6.45) is 1.73. The van der Waals surface area contributed by atoms with E-state index in [-0.39, 0.29) is 11.7 Å². The minimum Gasteiger partial charge on any atom is -0.504 e. The van der Waals surface area contributed by atoms with Gasteiger partial charge in [0.2, 0.25) is 0 Å². The summed E-state index contributed by atoms with van der Waals surface area (Å²) in [5, 5.41) is 15.5. The van der Waals surface area contributed by atoms with Crippen molar-refractivity contribution >= 4 is 39.3 Å². The Labute approximate surface area is 148 Å². The molecule has 3 rings (SSSR count). The monoisotopic (exact) mass is 386 g/mol. The molecular weight excluding hydrogens is 372 g/mol. The molecule has 1 aliphatic rings. The van der Waals surface area contributed by atoms with Crippen molar-refractivity contribution in [3.63, 3.8) is 0 Å². The van der Waals surface area contributed by atoms with E-state index in [1.54, 1.807) is 19.1 Å². The number of phenols is 1. The first kappa shape index (κ1) is 16.3. The number of hydrazone groups is 1. The summed E-state index contributed by atoms with van der Waals surface area (Å²) in [7, 11) is 1.48. The number of para-hydroxylation sites is 1. The fourth-order valence-corrected chi connectivity index (χ4v) is 2.86. The van der Waals surface area contributed by atoms with Crippen LogP contribution in [0.4, 0.5) is 5.69 Å². The molecule has 1 heterocycles. The van der Waals surface area contributed by atoms with E-state index in [9.17, 15) is 9.90 Å². The first-order valence-electron chi connectivity index (χ1n) is 7.24. The van der Waals surface area contributed by atoms with Crippen molar-refractivity contribution in [2.75, 3.05) is 12.1 Å². The Morgan fingerprint density at radius 3 is 2.62 bits per heavy atom. The smallest absolute Gasteiger partial charge is 0.280 e. The number of nitrogens with zero attached hydrogens (tertiary/aromatic N) is 2. The summed E-state index contributed by atoms with van der Waals surface area (Å²) in [4.78, 5) is 12.7. The molecule has 0 atom stereocenters. The van der Waals surface area contributed by atoms with Gasteiger partial charge in [0.15, 0.2) is 11.5 Å². The Balaban J connectivity index is 2.00. The van der Waals surface area contributed by atoms with Gasteiger partial charge in [0.25, 0.3) is 5.91 Å². The number of ether oxygens (including phenoxy) is 1. The Hall–Kier alpha value is -2.60. The van der Waals surface area contributed by atoms with E-state index in [2.05, 4.69) is 21.0 Å². The van der Waals surface area contributed by atoms with Crippen LogP contribution in [0.1, 0.15) is 12.5 Å². The van der Waals surface area contributed by atoms with Crippen molar-refractivity contribution < 1.29 is 14.6 Å². The molecule has 0 bridgehead atoms. The summed E-state index contributed by atoms with van der Waals surface area (Å²) in [6, 6.07) is 12.5. The Morgan fingerprint density at radius 1 is 1.25 bits per heavy atom. The quantitative estimate of drug-likeness (QED) is 0.811. The van der Waals surface area contributed by atoms with Gasteiger partial charge in [0.1, 0.15) is 0 Å². The van der Waals surface area contributed by atoms with Crippen molar-refractivity contribution in [3.8, 4) is 11.5 Å². The maximum absolute atomic E-state index is 12.7. The van der Waals surface area contributed by atoms with Crippen LogP contribution >= 0.6 is 15.9 Å². The number of carbonyl (C=O) groups is 1. The second kappa shape index (κ2) is 6.49. The SMILES string of the molecule is COc1cc(/C=C2\C(=O)N(c3ccccc3)N=C2C)c(Br)cc1O. The van der Waals surface area contributed by atoms with Gasteiger partial charge >= 0.3 is 0 Å². The molecule has 5 nitrogen and oxygen atoms in total. The minimum absolute atomic E-state index is 0.0283. The third kappa shape index (κ3) is 2.92. The van der Waals surface area contributed by atoms with E-state index in [4.69, 9.17) is 4.74 Å². The fourth-order valence-electron chi connectivity index (χ4n) is 2.42. The number of rotatable bonds is 3. The molecule has 6 heteroatoms. The third-order valence-electron chi connectivity index (χ3n) is 3.66. The van der Waals surface area contributed by atoms with Crippen molar-refractivity contribution in [1.29, 1.82) is 0 Å². The number of hydrogen-bond donors (Lipinski definition) is 1. The highest BCUT2D eigenvalue weighted by atomic mass is 79.9. The Kier molecular flexibility index (Phi) is 4.40. The molecule has 24 heavy (non-hydrogen) atoms. The second-order valence-electron chi connectivity index (χ2n) is 5.24. The van der Waals surface area contributed by atoms with E-state index in [1.807, 2.05) is 30.3 Å². The standard InChI is InChI=1S/C18H15BrN2O3/c1-11-14(8-12-9-17(24-2)16(22)10-15(12)19)18(23)21(20-11)13-6-4-3-5-7-13/h3-10,22H,1-2H3/b14-8-. The molecule has 0 saturated carbocycles. The maximum Gasteiger partial charge on any atom is 0.280 e. The first-order chi connectivity index (χ1) is 11.5. The molecule has 0 aromatic heterocycles. The van der Waals surface area contributed by atoms with E-state index in [0.29, 0.717) is 27.2 Å². The van der Waals surface area contributed by atoms with E-state index in [0.717, 1.165) is 5.56 Å². The Bertz CT molecular complexity index is 860. The number of hydrogen-bond acceptors (Lipinski definition) is 4. The van der Waals surface area contributed by atoms with Crippen LogP contribution in [0.15, 0.2) is 57.6 Å². The predicted molar refractivity (Wildman–Crippen MR) is 97.4 cm³/mol. The Morgan fingerprint density at radius 2 is 1.96 bits per heavy atom. The lowest BCUT2D eigenvalue weighted by molar-refractivity contribution is -0.114. The molecule has 1 aliphatic heterocycles. The van der Waals surface area contributed by atoms with Crippen LogP contribution in [-0.4, -0.2) is 23.8 Å². The average Bonchev–Trinajstić information content (AvgIpc) is 2.86. The molecule has 1 N–H and O–H groups in total. The van der Waals surface area contributed by atoms with Crippen molar-refractivity contribution in [3.05, 3.63) is 58.1 Å². The topological polar surface area (TPSA) is 62.1 Å². The van der Waals surface area contributed by atoms with Gasteiger partial charge in [-0.15, -0.1) is 0 Å². The van der Waals surface area contributed by atoms with Gasteiger partial charge in [-0.1, -0.05) is 34.1 Å². The highest BCUT2D eigenvalue weighted by Gasteiger charge is 2.28. The summed E-state index contributed by atoms with van der Waals surface area (Å²) in [6.45, 7) is 1.79. The van der Waals surface area contributed by atoms with Crippen LogP contribution < -0.4 is 9.75 Å². The summed E-state index contributed by atoms with van der Waals surface area (Å²) in [5.74, 6) is 0.170. The van der Waals surface area contributed by atoms with E-state index < -0.39 is 0 Å². The summed E-state index contributed by atoms with van der Waals surface area (Å²) < 4.78 is 5.78. The van der Waals surface area contributed by atoms with Gasteiger partial charge in [-0.05, 0) is 42.8 Å². The largest absolute Gasteiger partial charge is 0.504 e. The maximum atomic E-state index is 12.7. The third-order valence-corrected chi connectivity index (χ3v) is 4.35. The van der Waals surface area contributed by atoms with Crippen LogP contribution in [0.25, 0.3) is 6.08 Å². The van der Waals surface area contributed by atoms with Crippen LogP contribution in [0, 0.1) is 0 Å². The predicted octanol–water partition coefficient (Wildman–Crippen LogP) is 3.97. The molecular formula is C18H15BrN2O3. The molecule has 0 aliphatic carbocycles. The molecule has 0 spiro atoms. The molecule has 0 fully saturated rings. The zero-order valence-corrected chi connectivity index (χ0v) is 14.7. The summed E-state index contributed by atoms with van der Waals surface area (Å²) >= 11 is 3.39. The number of amides is 1. The number of phenolic OH excluding ortho intramolecular Hbond substituents is 1. The first-order valence-corrected chi connectivity index (χ1v) is 8.04. The number of halogens is 1. The molecule has 0 radical (unpaired) electrons. The molecule has 2 aromatic rings. The van der Waals surface area contributed by atoms with Crippen LogP contribution in [-0.2, 0) is 4.79 Å². The van der Waals surface area contributed by atoms with Gasteiger partial charge in [-0.3, -0.25) is 4.79 Å². The van der Waals surface area contributed by atoms with Gasteiger partial charge < -0.3 is 9.84 Å². The number of methoxy groups -OCH3 is 1. The van der Waals surface area contributed by atoms with Crippen molar-refractivity contribution in [2.24, 2.45) is 5.10 Å². The lowest BCUT2D eigenvalue weighted by Crippen LogP contribution is -2.21. The van der Waals surface area contributed by atoms with Gasteiger partial charge in [0.05, 0.1) is 24.1 Å². The zero-order valence-electron chi connectivity index (χ0n) is 13.2. The summed E-state index contributed by atoms with van der Waals surface area (Å²) in [5.41, 5.74) is 2.56. The highest BCUT2D eigenvalue weighted by Crippen LogP contribution is 2.34. The molecule has 122 valence electrons. The molecule has 1 amide bonds. The average molecular weight is 387 g/mol. The number of aromatic hydroxyl groups is 1. The normalized spacial score (nSPS) is 15.8. The zero-order chi connectivity index (χ0) is 17.3. The molecule has 0 unspecified atom stereocenters. The number of carbonyl (C=O) groups excluding carboxylic acids is 1. The number of anilines is 1. The minimum atomic E-state index is -0.197. The number of benzene rings is 2. The van der Waals surface area contributed by atoms with Gasteiger partial charge in [0, 0.05) is 4.47 Å². The van der Waals surface area contributed by atoms with Crippen LogP contribution in [0.2, 0.25) is 0 Å². The van der Waals surface area contributed by atoms with Gasteiger partial charge in [-0.25, -0.2) is 0 Å².